The normalized spacial score (nSPS) is 26.1. The van der Waals surface area contributed by atoms with E-state index in [1.807, 2.05) is 4.90 Å². The van der Waals surface area contributed by atoms with E-state index >= 15 is 0 Å². The lowest BCUT2D eigenvalue weighted by atomic mass is 10.0. The fraction of sp³-hybridized carbons (Fsp3) is 0.643. The second-order valence-electron chi connectivity index (χ2n) is 5.33. The lowest BCUT2D eigenvalue weighted by Gasteiger charge is -2.33. The number of aryl methyl sites for hydroxylation is 1. The highest BCUT2D eigenvalue weighted by Gasteiger charge is 2.33. The maximum Gasteiger partial charge on any atom is 0.251 e. The summed E-state index contributed by atoms with van der Waals surface area (Å²) in [5.74, 6) is 1.57. The number of morpholine rings is 1. The third-order valence-corrected chi connectivity index (χ3v) is 3.83. The first-order valence-electron chi connectivity index (χ1n) is 7.08. The highest BCUT2D eigenvalue weighted by molar-refractivity contribution is 5.77. The van der Waals surface area contributed by atoms with E-state index in [0.29, 0.717) is 43.8 Å². The molecule has 0 saturated carbocycles. The first kappa shape index (κ1) is 13.3. The molecule has 3 rings (SSSR count). The van der Waals surface area contributed by atoms with Crippen LogP contribution in [0, 0.1) is 12.8 Å². The van der Waals surface area contributed by atoms with Crippen LogP contribution in [-0.4, -0.2) is 40.7 Å². The first-order valence-corrected chi connectivity index (χ1v) is 7.08. The van der Waals surface area contributed by atoms with Crippen molar-refractivity contribution in [2.75, 3.05) is 19.8 Å². The van der Waals surface area contributed by atoms with Crippen LogP contribution >= 0.6 is 0 Å². The lowest BCUT2D eigenvalue weighted by molar-refractivity contribution is -0.142. The van der Waals surface area contributed by atoms with Crippen LogP contribution in [0.4, 0.5) is 0 Å². The molecule has 1 aliphatic carbocycles. The Kier molecular flexibility index (Phi) is 3.82. The van der Waals surface area contributed by atoms with E-state index in [1.54, 1.807) is 6.92 Å². The average molecular weight is 277 g/mol. The molecule has 2 aliphatic rings. The van der Waals surface area contributed by atoms with E-state index in [1.165, 1.54) is 0 Å². The van der Waals surface area contributed by atoms with E-state index in [2.05, 4.69) is 22.3 Å². The summed E-state index contributed by atoms with van der Waals surface area (Å²) in [6.45, 7) is 3.34. The number of allylic oxidation sites excluding steroid dienone is 2. The number of hydrogen-bond donors (Lipinski definition) is 0. The summed E-state index contributed by atoms with van der Waals surface area (Å²) in [6.07, 6.45) is 6.99. The van der Waals surface area contributed by atoms with Crippen molar-refractivity contribution in [1.82, 2.24) is 15.0 Å². The van der Waals surface area contributed by atoms with Crippen LogP contribution in [0.3, 0.4) is 0 Å². The summed E-state index contributed by atoms with van der Waals surface area (Å²) >= 11 is 0. The second kappa shape index (κ2) is 5.75. The third kappa shape index (κ3) is 2.75. The number of carbonyl (C=O) groups excluding carboxylic acids is 1. The van der Waals surface area contributed by atoms with E-state index in [-0.39, 0.29) is 11.9 Å². The minimum atomic E-state index is -0.247. The molecule has 0 radical (unpaired) electrons. The van der Waals surface area contributed by atoms with Crippen molar-refractivity contribution in [1.29, 1.82) is 0 Å². The fourth-order valence-electron chi connectivity index (χ4n) is 2.76. The van der Waals surface area contributed by atoms with Crippen LogP contribution in [0.5, 0.6) is 0 Å². The van der Waals surface area contributed by atoms with Crippen molar-refractivity contribution in [2.24, 2.45) is 5.92 Å². The van der Waals surface area contributed by atoms with Gasteiger partial charge in [0, 0.05) is 13.0 Å². The number of carbonyl (C=O) groups is 1. The topological polar surface area (TPSA) is 68.5 Å². The SMILES string of the molecule is Cc1noc([C@H]2COCCN2C(=O)C[C@H]2C=CCC2)n1. The summed E-state index contributed by atoms with van der Waals surface area (Å²) in [4.78, 5) is 18.5. The fourth-order valence-corrected chi connectivity index (χ4v) is 2.76. The molecule has 1 aromatic rings. The maximum absolute atomic E-state index is 12.5. The summed E-state index contributed by atoms with van der Waals surface area (Å²) in [6, 6.07) is -0.247. The van der Waals surface area contributed by atoms with Crippen molar-refractivity contribution in [2.45, 2.75) is 32.2 Å². The van der Waals surface area contributed by atoms with Gasteiger partial charge in [0.2, 0.25) is 5.91 Å². The largest absolute Gasteiger partial charge is 0.377 e. The Morgan fingerprint density at radius 1 is 1.55 bits per heavy atom. The second-order valence-corrected chi connectivity index (χ2v) is 5.33. The number of nitrogens with zero attached hydrogens (tertiary/aromatic N) is 3. The Balaban J connectivity index is 1.71. The smallest absolute Gasteiger partial charge is 0.251 e. The monoisotopic (exact) mass is 277 g/mol. The van der Waals surface area contributed by atoms with Crippen molar-refractivity contribution in [3.8, 4) is 0 Å². The summed E-state index contributed by atoms with van der Waals surface area (Å²) in [5, 5.41) is 3.80. The molecule has 1 aliphatic heterocycles. The van der Waals surface area contributed by atoms with E-state index < -0.39 is 0 Å². The zero-order valence-corrected chi connectivity index (χ0v) is 11.6. The van der Waals surface area contributed by atoms with Gasteiger partial charge in [-0.25, -0.2) is 0 Å². The molecule has 1 saturated heterocycles. The molecule has 6 nitrogen and oxygen atoms in total. The van der Waals surface area contributed by atoms with Crippen molar-refractivity contribution >= 4 is 5.91 Å². The summed E-state index contributed by atoms with van der Waals surface area (Å²) < 4.78 is 10.7. The first-order chi connectivity index (χ1) is 9.74. The van der Waals surface area contributed by atoms with Gasteiger partial charge in [0.15, 0.2) is 5.82 Å². The highest BCUT2D eigenvalue weighted by atomic mass is 16.5. The van der Waals surface area contributed by atoms with Crippen molar-refractivity contribution in [3.05, 3.63) is 23.9 Å². The molecular formula is C14H19N3O3. The van der Waals surface area contributed by atoms with E-state index in [9.17, 15) is 4.79 Å². The van der Waals surface area contributed by atoms with Crippen LogP contribution in [-0.2, 0) is 9.53 Å². The Morgan fingerprint density at radius 3 is 3.15 bits per heavy atom. The Bertz CT molecular complexity index is 512. The maximum atomic E-state index is 12.5. The molecule has 6 heteroatoms. The zero-order chi connectivity index (χ0) is 13.9. The van der Waals surface area contributed by atoms with Gasteiger partial charge in [-0.15, -0.1) is 0 Å². The minimum absolute atomic E-state index is 0.144. The van der Waals surface area contributed by atoms with Gasteiger partial charge in [0.05, 0.1) is 13.2 Å². The van der Waals surface area contributed by atoms with Crippen LogP contribution in [0.1, 0.15) is 37.0 Å². The van der Waals surface area contributed by atoms with Gasteiger partial charge in [-0.3, -0.25) is 4.79 Å². The summed E-state index contributed by atoms with van der Waals surface area (Å²) in [7, 11) is 0. The number of amides is 1. The van der Waals surface area contributed by atoms with Crippen molar-refractivity contribution < 1.29 is 14.1 Å². The van der Waals surface area contributed by atoms with Crippen LogP contribution in [0.2, 0.25) is 0 Å². The molecule has 2 heterocycles. The predicted molar refractivity (Wildman–Crippen MR) is 70.8 cm³/mol. The molecule has 0 bridgehead atoms. The highest BCUT2D eigenvalue weighted by Crippen LogP contribution is 2.27. The van der Waals surface area contributed by atoms with Gasteiger partial charge in [-0.2, -0.15) is 4.98 Å². The van der Waals surface area contributed by atoms with E-state index in [0.717, 1.165) is 12.8 Å². The molecule has 0 N–H and O–H groups in total. The van der Waals surface area contributed by atoms with Crippen LogP contribution < -0.4 is 0 Å². The van der Waals surface area contributed by atoms with Gasteiger partial charge in [-0.1, -0.05) is 17.3 Å². The number of hydrogen-bond acceptors (Lipinski definition) is 5. The molecule has 108 valence electrons. The molecule has 0 spiro atoms. The lowest BCUT2D eigenvalue weighted by Crippen LogP contribution is -2.44. The molecule has 2 atom stereocenters. The Hall–Kier alpha value is -1.69. The average Bonchev–Trinajstić information content (AvgIpc) is 3.10. The van der Waals surface area contributed by atoms with Gasteiger partial charge in [0.1, 0.15) is 6.04 Å². The van der Waals surface area contributed by atoms with Gasteiger partial charge >= 0.3 is 0 Å². The number of ether oxygens (including phenoxy) is 1. The standard InChI is InChI=1S/C14H19N3O3/c1-10-15-14(20-16-10)12-9-19-7-6-17(12)13(18)8-11-4-2-3-5-11/h2,4,11-12H,3,5-9H2,1H3/t11-,12+/m0/s1. The molecule has 1 fully saturated rings. The van der Waals surface area contributed by atoms with Gasteiger partial charge in [0.25, 0.3) is 5.89 Å². The molecule has 0 aromatic carbocycles. The molecule has 1 aromatic heterocycles. The minimum Gasteiger partial charge on any atom is -0.377 e. The molecule has 1 amide bonds. The Morgan fingerprint density at radius 2 is 2.45 bits per heavy atom. The molecule has 0 unspecified atom stereocenters. The number of aromatic nitrogens is 2. The predicted octanol–water partition coefficient (Wildman–Crippen LogP) is 1.63. The number of rotatable bonds is 3. The summed E-state index contributed by atoms with van der Waals surface area (Å²) in [5.41, 5.74) is 0. The van der Waals surface area contributed by atoms with Crippen molar-refractivity contribution in [3.63, 3.8) is 0 Å². The third-order valence-electron chi connectivity index (χ3n) is 3.83. The zero-order valence-electron chi connectivity index (χ0n) is 11.6. The van der Waals surface area contributed by atoms with Gasteiger partial charge < -0.3 is 14.2 Å². The van der Waals surface area contributed by atoms with Crippen LogP contribution in [0.15, 0.2) is 16.7 Å². The van der Waals surface area contributed by atoms with Gasteiger partial charge in [-0.05, 0) is 25.7 Å². The Labute approximate surface area is 117 Å². The quantitative estimate of drug-likeness (QED) is 0.785. The molecule has 20 heavy (non-hydrogen) atoms. The molecular weight excluding hydrogens is 258 g/mol. The van der Waals surface area contributed by atoms with Crippen LogP contribution in [0.25, 0.3) is 0 Å². The van der Waals surface area contributed by atoms with E-state index in [4.69, 9.17) is 9.26 Å².